The fraction of sp³-hybridized carbons (Fsp3) is 0.444. The van der Waals surface area contributed by atoms with Crippen LogP contribution in [0.5, 0.6) is 0 Å². The molecule has 0 aliphatic carbocycles. The minimum atomic E-state index is -4.73. The Balaban J connectivity index is 1.79. The molecule has 26 heavy (non-hydrogen) atoms. The van der Waals surface area contributed by atoms with Crippen molar-refractivity contribution in [3.05, 3.63) is 62.6 Å². The first-order valence-corrected chi connectivity index (χ1v) is 8.47. The van der Waals surface area contributed by atoms with Crippen molar-refractivity contribution < 1.29 is 17.6 Å². The number of H-pyrrole nitrogens is 1. The second-order valence-electron chi connectivity index (χ2n) is 6.46. The van der Waals surface area contributed by atoms with Gasteiger partial charge in [-0.05, 0) is 24.1 Å². The van der Waals surface area contributed by atoms with Gasteiger partial charge in [0.15, 0.2) is 0 Å². The van der Waals surface area contributed by atoms with Crippen molar-refractivity contribution >= 4 is 0 Å². The van der Waals surface area contributed by atoms with Crippen LogP contribution in [-0.4, -0.2) is 21.4 Å². The molecule has 1 aromatic carbocycles. The molecule has 0 fully saturated rings. The van der Waals surface area contributed by atoms with Gasteiger partial charge < -0.3 is 4.98 Å². The topological polar surface area (TPSA) is 49.0 Å². The van der Waals surface area contributed by atoms with Gasteiger partial charge in [0.2, 0.25) is 0 Å². The molecule has 4 nitrogen and oxygen atoms in total. The van der Waals surface area contributed by atoms with E-state index in [2.05, 4.69) is 9.97 Å². The van der Waals surface area contributed by atoms with Crippen LogP contribution in [0.15, 0.2) is 23.0 Å². The maximum absolute atomic E-state index is 13.4. The van der Waals surface area contributed by atoms with Gasteiger partial charge in [0.25, 0.3) is 5.56 Å². The Morgan fingerprint density at radius 2 is 2.08 bits per heavy atom. The SMILES string of the molecule is CCCc1nc2c(c(=O)[nH]1)CN(Cc1ccc(F)c(C(F)(F)F)c1)CC2. The van der Waals surface area contributed by atoms with E-state index in [1.165, 1.54) is 6.07 Å². The first-order valence-electron chi connectivity index (χ1n) is 8.47. The minimum Gasteiger partial charge on any atom is -0.310 e. The lowest BCUT2D eigenvalue weighted by Gasteiger charge is -2.28. The second kappa shape index (κ2) is 7.19. The molecule has 0 atom stereocenters. The zero-order valence-corrected chi connectivity index (χ0v) is 14.3. The molecule has 0 saturated carbocycles. The van der Waals surface area contributed by atoms with Crippen LogP contribution in [0, 0.1) is 5.82 Å². The van der Waals surface area contributed by atoms with E-state index in [0.29, 0.717) is 42.9 Å². The summed E-state index contributed by atoms with van der Waals surface area (Å²) in [5, 5.41) is 0. The Labute approximate surface area is 147 Å². The van der Waals surface area contributed by atoms with Gasteiger partial charge in [-0.2, -0.15) is 13.2 Å². The first-order chi connectivity index (χ1) is 12.3. The molecule has 0 amide bonds. The van der Waals surface area contributed by atoms with Crippen molar-refractivity contribution in [1.29, 1.82) is 0 Å². The third-order valence-corrected chi connectivity index (χ3v) is 4.43. The number of alkyl halides is 3. The van der Waals surface area contributed by atoms with Gasteiger partial charge in [-0.15, -0.1) is 0 Å². The number of nitrogens with one attached hydrogen (secondary N) is 1. The fourth-order valence-electron chi connectivity index (χ4n) is 3.17. The van der Waals surface area contributed by atoms with Gasteiger partial charge in [-0.3, -0.25) is 9.69 Å². The highest BCUT2D eigenvalue weighted by atomic mass is 19.4. The van der Waals surface area contributed by atoms with E-state index in [-0.39, 0.29) is 12.1 Å². The van der Waals surface area contributed by atoms with E-state index in [1.54, 1.807) is 0 Å². The first kappa shape index (κ1) is 18.6. The molecule has 140 valence electrons. The molecule has 8 heteroatoms. The number of fused-ring (bicyclic) bond motifs is 1. The summed E-state index contributed by atoms with van der Waals surface area (Å²) >= 11 is 0. The molecule has 0 saturated heterocycles. The van der Waals surface area contributed by atoms with Crippen LogP contribution < -0.4 is 5.56 Å². The molecule has 0 spiro atoms. The summed E-state index contributed by atoms with van der Waals surface area (Å²) in [6.07, 6.45) is -2.60. The van der Waals surface area contributed by atoms with Gasteiger partial charge in [0.1, 0.15) is 11.6 Å². The predicted octanol–water partition coefficient (Wildman–Crippen LogP) is 3.44. The van der Waals surface area contributed by atoms with Crippen LogP contribution in [0.25, 0.3) is 0 Å². The van der Waals surface area contributed by atoms with E-state index in [1.807, 2.05) is 11.8 Å². The molecule has 2 aromatic rings. The smallest absolute Gasteiger partial charge is 0.310 e. The Morgan fingerprint density at radius 1 is 1.31 bits per heavy atom. The van der Waals surface area contributed by atoms with Crippen molar-refractivity contribution in [3.8, 4) is 0 Å². The van der Waals surface area contributed by atoms with Crippen LogP contribution in [0.1, 0.15) is 41.6 Å². The molecule has 1 aliphatic heterocycles. The number of aryl methyl sites for hydroxylation is 1. The fourth-order valence-corrected chi connectivity index (χ4v) is 3.17. The largest absolute Gasteiger partial charge is 0.419 e. The highest BCUT2D eigenvalue weighted by molar-refractivity contribution is 5.28. The summed E-state index contributed by atoms with van der Waals surface area (Å²) in [6.45, 7) is 3.09. The summed E-state index contributed by atoms with van der Waals surface area (Å²) in [4.78, 5) is 21.4. The van der Waals surface area contributed by atoms with Gasteiger partial charge in [0.05, 0.1) is 16.8 Å². The summed E-state index contributed by atoms with van der Waals surface area (Å²) in [5.41, 5.74) is 0.196. The van der Waals surface area contributed by atoms with E-state index in [9.17, 15) is 22.4 Å². The molecule has 3 rings (SSSR count). The number of aromatic amines is 1. The van der Waals surface area contributed by atoms with Crippen LogP contribution in [0.2, 0.25) is 0 Å². The summed E-state index contributed by atoms with van der Waals surface area (Å²) in [7, 11) is 0. The Bertz CT molecular complexity index is 860. The number of hydrogen-bond donors (Lipinski definition) is 1. The standard InChI is InChI=1S/C18H19F4N3O/c1-2-3-16-23-15-6-7-25(10-12(15)17(26)24-16)9-11-4-5-14(19)13(8-11)18(20,21)22/h4-5,8H,2-3,6-7,9-10H2,1H3,(H,23,24,26). The van der Waals surface area contributed by atoms with E-state index >= 15 is 0 Å². The van der Waals surface area contributed by atoms with Crippen molar-refractivity contribution in [2.45, 2.75) is 45.5 Å². The zero-order chi connectivity index (χ0) is 18.9. The zero-order valence-electron chi connectivity index (χ0n) is 14.3. The van der Waals surface area contributed by atoms with Crippen LogP contribution >= 0.6 is 0 Å². The maximum atomic E-state index is 13.4. The van der Waals surface area contributed by atoms with Crippen molar-refractivity contribution in [3.63, 3.8) is 0 Å². The van der Waals surface area contributed by atoms with Crippen molar-refractivity contribution in [2.75, 3.05) is 6.54 Å². The lowest BCUT2D eigenvalue weighted by atomic mass is 10.0. The molecule has 1 N–H and O–H groups in total. The third kappa shape index (κ3) is 3.95. The molecule has 0 bridgehead atoms. The quantitative estimate of drug-likeness (QED) is 0.840. The van der Waals surface area contributed by atoms with Gasteiger partial charge in [0, 0.05) is 32.5 Å². The highest BCUT2D eigenvalue weighted by Gasteiger charge is 2.34. The van der Waals surface area contributed by atoms with Crippen molar-refractivity contribution in [2.24, 2.45) is 0 Å². The van der Waals surface area contributed by atoms with E-state index in [0.717, 1.165) is 24.2 Å². The third-order valence-electron chi connectivity index (χ3n) is 4.43. The molecular weight excluding hydrogens is 350 g/mol. The Hall–Kier alpha value is -2.22. The van der Waals surface area contributed by atoms with Gasteiger partial charge in [-0.1, -0.05) is 13.0 Å². The number of rotatable bonds is 4. The summed E-state index contributed by atoms with van der Waals surface area (Å²) in [6, 6.07) is 3.01. The maximum Gasteiger partial charge on any atom is 0.419 e. The minimum absolute atomic E-state index is 0.196. The number of hydrogen-bond acceptors (Lipinski definition) is 3. The number of aromatic nitrogens is 2. The number of benzene rings is 1. The monoisotopic (exact) mass is 369 g/mol. The van der Waals surface area contributed by atoms with Gasteiger partial charge >= 0.3 is 6.18 Å². The van der Waals surface area contributed by atoms with Crippen LogP contribution in [-0.2, 0) is 32.1 Å². The molecule has 0 radical (unpaired) electrons. The number of nitrogens with zero attached hydrogens (tertiary/aromatic N) is 2. The van der Waals surface area contributed by atoms with Crippen LogP contribution in [0.3, 0.4) is 0 Å². The lowest BCUT2D eigenvalue weighted by Crippen LogP contribution is -2.35. The molecular formula is C18H19F4N3O. The second-order valence-corrected chi connectivity index (χ2v) is 6.46. The van der Waals surface area contributed by atoms with E-state index in [4.69, 9.17) is 0 Å². The molecule has 0 unspecified atom stereocenters. The van der Waals surface area contributed by atoms with E-state index < -0.39 is 17.6 Å². The molecule has 1 aliphatic rings. The summed E-state index contributed by atoms with van der Waals surface area (Å²) in [5.74, 6) is -0.618. The number of halogens is 4. The molecule has 1 aromatic heterocycles. The predicted molar refractivity (Wildman–Crippen MR) is 88.1 cm³/mol. The van der Waals surface area contributed by atoms with Crippen molar-refractivity contribution in [1.82, 2.24) is 14.9 Å². The highest BCUT2D eigenvalue weighted by Crippen LogP contribution is 2.32. The Morgan fingerprint density at radius 3 is 2.77 bits per heavy atom. The van der Waals surface area contributed by atoms with Gasteiger partial charge in [-0.25, -0.2) is 9.37 Å². The normalized spacial score (nSPS) is 15.1. The Kier molecular flexibility index (Phi) is 5.13. The van der Waals surface area contributed by atoms with Crippen LogP contribution in [0.4, 0.5) is 17.6 Å². The molecule has 2 heterocycles. The average Bonchev–Trinajstić information content (AvgIpc) is 2.56. The summed E-state index contributed by atoms with van der Waals surface area (Å²) < 4.78 is 52.0. The average molecular weight is 369 g/mol. The lowest BCUT2D eigenvalue weighted by molar-refractivity contribution is -0.140.